The molecule has 2 aromatic heterocycles. The highest BCUT2D eigenvalue weighted by Crippen LogP contribution is 2.48. The van der Waals surface area contributed by atoms with Gasteiger partial charge in [-0.25, -0.2) is 0 Å². The van der Waals surface area contributed by atoms with Crippen molar-refractivity contribution in [1.82, 2.24) is 19.9 Å². The molecule has 0 saturated carbocycles. The van der Waals surface area contributed by atoms with E-state index < -0.39 is 7.14 Å². The fraction of sp³-hybridized carbons (Fsp3) is 0.480. The second kappa shape index (κ2) is 9.95. The number of aromatic nitrogens is 3. The topological polar surface area (TPSA) is 137 Å². The van der Waals surface area contributed by atoms with Crippen molar-refractivity contribution in [3.63, 3.8) is 0 Å². The predicted molar refractivity (Wildman–Crippen MR) is 141 cm³/mol. The summed E-state index contributed by atoms with van der Waals surface area (Å²) in [5, 5.41) is 17.7. The van der Waals surface area contributed by atoms with Gasteiger partial charge in [0.05, 0.1) is 55.7 Å². The third-order valence-corrected chi connectivity index (χ3v) is 10.5. The second-order valence-corrected chi connectivity index (χ2v) is 12.9. The van der Waals surface area contributed by atoms with Crippen molar-refractivity contribution < 1.29 is 18.8 Å². The minimum Gasteiger partial charge on any atom is -0.495 e. The highest BCUT2D eigenvalue weighted by molar-refractivity contribution is 7.71. The van der Waals surface area contributed by atoms with Crippen molar-refractivity contribution in [3.8, 4) is 11.8 Å². The van der Waals surface area contributed by atoms with Crippen LogP contribution in [0, 0.1) is 11.3 Å². The molecule has 3 fully saturated rings. The number of methoxy groups -OCH3 is 1. The zero-order valence-electron chi connectivity index (χ0n) is 20.7. The first-order valence-electron chi connectivity index (χ1n) is 12.6. The lowest BCUT2D eigenvalue weighted by molar-refractivity contribution is -0.0620. The summed E-state index contributed by atoms with van der Waals surface area (Å²) in [5.74, 6) is 1.51. The maximum atomic E-state index is 13.8. The molecule has 0 amide bonds. The van der Waals surface area contributed by atoms with Crippen molar-refractivity contribution >= 4 is 40.9 Å². The van der Waals surface area contributed by atoms with Crippen molar-refractivity contribution in [2.24, 2.45) is 0 Å². The van der Waals surface area contributed by atoms with Crippen LogP contribution >= 0.6 is 7.14 Å². The van der Waals surface area contributed by atoms with Gasteiger partial charge in [-0.05, 0) is 24.6 Å². The van der Waals surface area contributed by atoms with Crippen LogP contribution < -0.4 is 20.7 Å². The molecule has 0 bridgehead atoms. The fourth-order valence-corrected chi connectivity index (χ4v) is 7.74. The SMILES string of the molecule is COc1cc(P2(=O)CCN(C3COC3)CC2)ccc1Nc1nc(N[C@H]2CCOC2)c2c(C#N)c[nH]c2n1. The molecule has 3 aliphatic rings. The van der Waals surface area contributed by atoms with Gasteiger partial charge in [0.2, 0.25) is 5.95 Å². The van der Waals surface area contributed by atoms with Gasteiger partial charge in [0.1, 0.15) is 30.4 Å². The lowest BCUT2D eigenvalue weighted by atomic mass is 10.2. The van der Waals surface area contributed by atoms with Gasteiger partial charge in [-0.15, -0.1) is 0 Å². The maximum absolute atomic E-state index is 13.8. The van der Waals surface area contributed by atoms with Gasteiger partial charge in [-0.3, -0.25) is 4.90 Å². The third-order valence-electron chi connectivity index (χ3n) is 7.46. The van der Waals surface area contributed by atoms with Gasteiger partial charge in [0.15, 0.2) is 0 Å². The molecule has 12 heteroatoms. The van der Waals surface area contributed by atoms with E-state index >= 15 is 0 Å². The Bertz CT molecular complexity index is 1380. The molecular weight excluding hydrogens is 493 g/mol. The molecule has 0 unspecified atom stereocenters. The summed E-state index contributed by atoms with van der Waals surface area (Å²) in [6.45, 7) is 4.47. The number of anilines is 3. The summed E-state index contributed by atoms with van der Waals surface area (Å²) in [5.41, 5.74) is 1.70. The lowest BCUT2D eigenvalue weighted by Crippen LogP contribution is -2.52. The van der Waals surface area contributed by atoms with Crippen LogP contribution in [0.25, 0.3) is 11.0 Å². The van der Waals surface area contributed by atoms with E-state index in [1.807, 2.05) is 18.2 Å². The standard InChI is InChI=1S/C25H30N7O4P/c1-34-21-10-19(37(33)8-5-32(6-9-37)18-14-36-15-18)2-3-20(21)29-25-30-23-22(16(11-26)12-27-23)24(31-25)28-17-4-7-35-13-17/h2-3,10,12,17-18H,4-9,13-15H2,1H3,(H3,27,28,29,30,31)/t17-/m0/s1. The Balaban J connectivity index is 1.25. The van der Waals surface area contributed by atoms with Crippen LogP contribution in [0.4, 0.5) is 17.5 Å². The first kappa shape index (κ1) is 24.2. The Morgan fingerprint density at radius 1 is 1.22 bits per heavy atom. The summed E-state index contributed by atoms with van der Waals surface area (Å²) >= 11 is 0. The van der Waals surface area contributed by atoms with E-state index in [1.54, 1.807) is 13.3 Å². The number of hydrogen-bond acceptors (Lipinski definition) is 10. The molecule has 37 heavy (non-hydrogen) atoms. The third kappa shape index (κ3) is 4.66. The Kier molecular flexibility index (Phi) is 6.51. The number of aromatic amines is 1. The average molecular weight is 524 g/mol. The smallest absolute Gasteiger partial charge is 0.231 e. The fourth-order valence-electron chi connectivity index (χ4n) is 5.14. The number of rotatable bonds is 7. The summed E-state index contributed by atoms with van der Waals surface area (Å²) in [6.07, 6.45) is 3.82. The summed E-state index contributed by atoms with van der Waals surface area (Å²) in [4.78, 5) is 14.7. The zero-order chi connectivity index (χ0) is 25.4. The van der Waals surface area contributed by atoms with Crippen LogP contribution in [0.15, 0.2) is 24.4 Å². The zero-order valence-corrected chi connectivity index (χ0v) is 21.6. The van der Waals surface area contributed by atoms with Gasteiger partial charge < -0.3 is 34.4 Å². The van der Waals surface area contributed by atoms with E-state index in [2.05, 4.69) is 31.6 Å². The van der Waals surface area contributed by atoms with Crippen LogP contribution in [0.2, 0.25) is 0 Å². The largest absolute Gasteiger partial charge is 0.495 e. The Morgan fingerprint density at radius 2 is 2.05 bits per heavy atom. The molecule has 3 saturated heterocycles. The maximum Gasteiger partial charge on any atom is 0.231 e. The van der Waals surface area contributed by atoms with Crippen molar-refractivity contribution in [1.29, 1.82) is 5.26 Å². The molecule has 3 N–H and O–H groups in total. The molecule has 0 aliphatic carbocycles. The number of hydrogen-bond donors (Lipinski definition) is 3. The molecule has 0 spiro atoms. The minimum absolute atomic E-state index is 0.113. The van der Waals surface area contributed by atoms with Crippen LogP contribution in [0.1, 0.15) is 12.0 Å². The van der Waals surface area contributed by atoms with Crippen LogP contribution in [0.5, 0.6) is 5.75 Å². The molecule has 6 rings (SSSR count). The van der Waals surface area contributed by atoms with Gasteiger partial charge in [-0.2, -0.15) is 15.2 Å². The Labute approximate surface area is 214 Å². The number of nitrogens with one attached hydrogen (secondary N) is 3. The number of fused-ring (bicyclic) bond motifs is 1. The van der Waals surface area contributed by atoms with Crippen LogP contribution in [-0.4, -0.2) is 90.9 Å². The van der Waals surface area contributed by atoms with Crippen molar-refractivity contribution in [2.75, 3.05) is 69.6 Å². The van der Waals surface area contributed by atoms with Crippen molar-refractivity contribution in [3.05, 3.63) is 30.0 Å². The highest BCUT2D eigenvalue weighted by atomic mass is 31.2. The molecule has 11 nitrogen and oxygen atoms in total. The van der Waals surface area contributed by atoms with E-state index in [9.17, 15) is 9.83 Å². The Hall–Kier alpha value is -3.16. The molecule has 1 aromatic carbocycles. The minimum atomic E-state index is -2.51. The molecule has 3 aliphatic heterocycles. The van der Waals surface area contributed by atoms with E-state index in [1.165, 1.54) is 0 Å². The molecule has 3 aromatic rings. The number of nitrogens with zero attached hydrogens (tertiary/aromatic N) is 4. The van der Waals surface area contributed by atoms with Gasteiger partial charge in [-0.1, -0.05) is 0 Å². The molecular formula is C25H30N7O4P. The predicted octanol–water partition coefficient (Wildman–Crippen LogP) is 2.49. The average Bonchev–Trinajstić information content (AvgIpc) is 3.54. The quantitative estimate of drug-likeness (QED) is 0.396. The first-order valence-corrected chi connectivity index (χ1v) is 14.6. The molecule has 1 atom stereocenters. The summed E-state index contributed by atoms with van der Waals surface area (Å²) in [6, 6.07) is 8.45. The summed E-state index contributed by atoms with van der Waals surface area (Å²) in [7, 11) is -0.911. The van der Waals surface area contributed by atoms with Gasteiger partial charge in [0.25, 0.3) is 0 Å². The van der Waals surface area contributed by atoms with E-state index in [0.717, 1.165) is 38.0 Å². The summed E-state index contributed by atoms with van der Waals surface area (Å²) < 4.78 is 30.3. The molecule has 194 valence electrons. The lowest BCUT2D eigenvalue weighted by Gasteiger charge is -2.41. The monoisotopic (exact) mass is 523 g/mol. The van der Waals surface area contributed by atoms with Crippen LogP contribution in [-0.2, 0) is 14.0 Å². The molecule has 0 radical (unpaired) electrons. The van der Waals surface area contributed by atoms with Crippen molar-refractivity contribution in [2.45, 2.75) is 18.5 Å². The Morgan fingerprint density at radius 3 is 2.73 bits per heavy atom. The van der Waals surface area contributed by atoms with Gasteiger partial charge >= 0.3 is 0 Å². The highest BCUT2D eigenvalue weighted by Gasteiger charge is 2.35. The van der Waals surface area contributed by atoms with E-state index in [4.69, 9.17) is 19.2 Å². The number of benzene rings is 1. The van der Waals surface area contributed by atoms with E-state index in [-0.39, 0.29) is 6.04 Å². The van der Waals surface area contributed by atoms with Crippen LogP contribution in [0.3, 0.4) is 0 Å². The number of nitriles is 1. The normalized spacial score (nSPS) is 21.9. The van der Waals surface area contributed by atoms with Gasteiger partial charge in [0, 0.05) is 43.5 Å². The van der Waals surface area contributed by atoms with E-state index in [0.29, 0.717) is 71.4 Å². The first-order chi connectivity index (χ1) is 18.1. The molecule has 5 heterocycles. The number of ether oxygens (including phenoxy) is 3. The second-order valence-electron chi connectivity index (χ2n) is 9.71. The number of H-pyrrole nitrogens is 1.